The van der Waals surface area contributed by atoms with Crippen LogP contribution < -0.4 is 24.4 Å². The molecule has 0 spiro atoms. The summed E-state index contributed by atoms with van der Waals surface area (Å²) in [6.07, 6.45) is 0.218. The number of piperidine rings is 1. The molecule has 5 rings (SSSR count). The lowest BCUT2D eigenvalue weighted by molar-refractivity contribution is -0.0328. The van der Waals surface area contributed by atoms with Crippen molar-refractivity contribution in [1.29, 1.82) is 0 Å². The minimum absolute atomic E-state index is 0.157. The highest BCUT2D eigenvalue weighted by Gasteiger charge is 2.34. The maximum absolute atomic E-state index is 11.0. The standard InChI is InChI=1S/C33H42N2O7/c1-37-16-3-14-35-15-17-40-31-13-4-24(20-29(31)35)23-41-32-22-34-21-30(36)33(32)25-5-7-27(8-6-25)42-28-11-9-26(10-12-28)39-19-18-38-2/h4-13,20,30,32-34,36H,3,14-19,21-23H2,1-2H3. The number of anilines is 1. The summed E-state index contributed by atoms with van der Waals surface area (Å²) in [5, 5.41) is 14.3. The van der Waals surface area contributed by atoms with Crippen LogP contribution in [0.1, 0.15) is 23.5 Å². The molecule has 2 aliphatic rings. The van der Waals surface area contributed by atoms with E-state index in [9.17, 15) is 5.11 Å². The molecule has 0 amide bonds. The Labute approximate surface area is 248 Å². The van der Waals surface area contributed by atoms with E-state index in [1.807, 2.05) is 54.6 Å². The number of rotatable bonds is 14. The molecule has 0 aromatic heterocycles. The molecule has 3 aromatic rings. The van der Waals surface area contributed by atoms with Gasteiger partial charge in [0, 0.05) is 46.4 Å². The lowest BCUT2D eigenvalue weighted by Gasteiger charge is -2.36. The molecule has 2 aliphatic heterocycles. The first-order valence-corrected chi connectivity index (χ1v) is 14.6. The van der Waals surface area contributed by atoms with Crippen LogP contribution in [0.3, 0.4) is 0 Å². The van der Waals surface area contributed by atoms with Crippen molar-refractivity contribution in [2.24, 2.45) is 0 Å². The molecule has 9 heteroatoms. The second-order valence-corrected chi connectivity index (χ2v) is 10.6. The third kappa shape index (κ3) is 7.93. The number of nitrogens with zero attached hydrogens (tertiary/aromatic N) is 1. The van der Waals surface area contributed by atoms with Crippen molar-refractivity contribution in [1.82, 2.24) is 5.32 Å². The Morgan fingerprint density at radius 3 is 2.38 bits per heavy atom. The number of hydrogen-bond donors (Lipinski definition) is 2. The van der Waals surface area contributed by atoms with Crippen molar-refractivity contribution >= 4 is 5.69 Å². The van der Waals surface area contributed by atoms with Gasteiger partial charge in [-0.2, -0.15) is 0 Å². The van der Waals surface area contributed by atoms with Crippen LogP contribution in [0.5, 0.6) is 23.0 Å². The zero-order chi connectivity index (χ0) is 29.1. The zero-order valence-electron chi connectivity index (χ0n) is 24.5. The second kappa shape index (κ2) is 15.2. The number of ether oxygens (including phenoxy) is 6. The van der Waals surface area contributed by atoms with E-state index in [0.29, 0.717) is 39.5 Å². The third-order valence-electron chi connectivity index (χ3n) is 7.62. The quantitative estimate of drug-likeness (QED) is 0.271. The monoisotopic (exact) mass is 578 g/mol. The minimum Gasteiger partial charge on any atom is -0.491 e. The topological polar surface area (TPSA) is 90.9 Å². The summed E-state index contributed by atoms with van der Waals surface area (Å²) >= 11 is 0. The van der Waals surface area contributed by atoms with Gasteiger partial charge in [0.1, 0.15) is 36.2 Å². The van der Waals surface area contributed by atoms with E-state index in [-0.39, 0.29) is 12.0 Å². The Morgan fingerprint density at radius 2 is 1.62 bits per heavy atom. The first-order valence-electron chi connectivity index (χ1n) is 14.6. The van der Waals surface area contributed by atoms with Crippen LogP contribution in [0, 0.1) is 0 Å². The Hall–Kier alpha value is -3.34. The van der Waals surface area contributed by atoms with E-state index >= 15 is 0 Å². The number of methoxy groups -OCH3 is 2. The number of benzene rings is 3. The Kier molecular flexibility index (Phi) is 10.9. The van der Waals surface area contributed by atoms with Crippen LogP contribution in [0.2, 0.25) is 0 Å². The number of aliphatic hydroxyl groups is 1. The molecule has 0 radical (unpaired) electrons. The SMILES string of the molecule is COCCCN1CCOc2ccc(COC3CNCC(O)C3c3ccc(Oc4ccc(OCCOC)cc4)cc3)cc21. The molecule has 2 N–H and O–H groups in total. The molecule has 0 aliphatic carbocycles. The molecule has 1 saturated heterocycles. The molecule has 1 fully saturated rings. The van der Waals surface area contributed by atoms with Crippen molar-refractivity contribution in [3.8, 4) is 23.0 Å². The van der Waals surface area contributed by atoms with E-state index in [1.165, 1.54) is 0 Å². The Morgan fingerprint density at radius 1 is 0.881 bits per heavy atom. The number of nitrogens with one attached hydrogen (secondary N) is 1. The van der Waals surface area contributed by atoms with Gasteiger partial charge >= 0.3 is 0 Å². The van der Waals surface area contributed by atoms with Crippen LogP contribution in [0.4, 0.5) is 5.69 Å². The largest absolute Gasteiger partial charge is 0.491 e. The average molecular weight is 579 g/mol. The molecule has 3 unspecified atom stereocenters. The number of fused-ring (bicyclic) bond motifs is 1. The first-order chi connectivity index (χ1) is 20.6. The van der Waals surface area contributed by atoms with Gasteiger partial charge in [0.05, 0.1) is 37.7 Å². The molecule has 226 valence electrons. The average Bonchev–Trinajstić information content (AvgIpc) is 3.02. The van der Waals surface area contributed by atoms with Gasteiger partial charge in [-0.3, -0.25) is 0 Å². The van der Waals surface area contributed by atoms with Gasteiger partial charge in [0.15, 0.2) is 0 Å². The maximum Gasteiger partial charge on any atom is 0.142 e. The van der Waals surface area contributed by atoms with Gasteiger partial charge in [-0.15, -0.1) is 0 Å². The van der Waals surface area contributed by atoms with Gasteiger partial charge in [-0.05, 0) is 66.1 Å². The fourth-order valence-corrected chi connectivity index (χ4v) is 5.46. The predicted octanol–water partition coefficient (Wildman–Crippen LogP) is 4.37. The highest BCUT2D eigenvalue weighted by molar-refractivity contribution is 5.61. The Bertz CT molecular complexity index is 1240. The molecule has 2 heterocycles. The van der Waals surface area contributed by atoms with Crippen molar-refractivity contribution < 1.29 is 33.5 Å². The predicted molar refractivity (Wildman–Crippen MR) is 161 cm³/mol. The molecular formula is C33H42N2O7. The zero-order valence-corrected chi connectivity index (χ0v) is 24.5. The molecule has 0 saturated carbocycles. The highest BCUT2D eigenvalue weighted by Crippen LogP contribution is 2.35. The lowest BCUT2D eigenvalue weighted by atomic mass is 9.85. The smallest absolute Gasteiger partial charge is 0.142 e. The molecule has 42 heavy (non-hydrogen) atoms. The van der Waals surface area contributed by atoms with E-state index in [4.69, 9.17) is 28.4 Å². The number of aliphatic hydroxyl groups excluding tert-OH is 1. The van der Waals surface area contributed by atoms with Crippen molar-refractivity contribution in [2.75, 3.05) is 71.7 Å². The normalized spacial score (nSPS) is 20.1. The van der Waals surface area contributed by atoms with Gasteiger partial charge < -0.3 is 43.7 Å². The van der Waals surface area contributed by atoms with Gasteiger partial charge in [-0.1, -0.05) is 18.2 Å². The van der Waals surface area contributed by atoms with Crippen molar-refractivity contribution in [2.45, 2.75) is 31.2 Å². The summed E-state index contributed by atoms with van der Waals surface area (Å²) in [6.45, 7) is 5.87. The van der Waals surface area contributed by atoms with E-state index in [2.05, 4.69) is 22.3 Å². The summed E-state index contributed by atoms with van der Waals surface area (Å²) < 4.78 is 34.3. The van der Waals surface area contributed by atoms with Crippen LogP contribution in [0.15, 0.2) is 66.7 Å². The second-order valence-electron chi connectivity index (χ2n) is 10.6. The fourth-order valence-electron chi connectivity index (χ4n) is 5.46. The fraction of sp³-hybridized carbons (Fsp3) is 0.455. The maximum atomic E-state index is 11.0. The number of hydrogen-bond acceptors (Lipinski definition) is 9. The summed E-state index contributed by atoms with van der Waals surface area (Å²) in [5.41, 5.74) is 3.20. The minimum atomic E-state index is -0.561. The summed E-state index contributed by atoms with van der Waals surface area (Å²) in [6, 6.07) is 21.7. The van der Waals surface area contributed by atoms with Gasteiger partial charge in [-0.25, -0.2) is 0 Å². The van der Waals surface area contributed by atoms with Crippen molar-refractivity contribution in [3.63, 3.8) is 0 Å². The van der Waals surface area contributed by atoms with Crippen LogP contribution in [0.25, 0.3) is 0 Å². The molecule has 0 bridgehead atoms. The molecular weight excluding hydrogens is 536 g/mol. The third-order valence-corrected chi connectivity index (χ3v) is 7.62. The highest BCUT2D eigenvalue weighted by atomic mass is 16.5. The van der Waals surface area contributed by atoms with Crippen LogP contribution in [-0.4, -0.2) is 84.1 Å². The van der Waals surface area contributed by atoms with Gasteiger partial charge in [0.2, 0.25) is 0 Å². The van der Waals surface area contributed by atoms with Crippen LogP contribution >= 0.6 is 0 Å². The molecule has 3 atom stereocenters. The van der Waals surface area contributed by atoms with Crippen LogP contribution in [-0.2, 0) is 20.8 Å². The van der Waals surface area contributed by atoms with E-state index in [1.54, 1.807) is 14.2 Å². The molecule has 9 nitrogen and oxygen atoms in total. The van der Waals surface area contributed by atoms with E-state index < -0.39 is 6.10 Å². The molecule has 3 aromatic carbocycles. The summed E-state index contributed by atoms with van der Waals surface area (Å²) in [4.78, 5) is 2.35. The lowest BCUT2D eigenvalue weighted by Crippen LogP contribution is -2.49. The van der Waals surface area contributed by atoms with E-state index in [0.717, 1.165) is 65.9 Å². The Balaban J connectivity index is 1.20. The number of β-amino-alcohol motifs (C(OH)–C–C–N with tert-alkyl or cyclic N) is 1. The van der Waals surface area contributed by atoms with Crippen molar-refractivity contribution in [3.05, 3.63) is 77.9 Å². The first kappa shape index (κ1) is 30.1. The summed E-state index contributed by atoms with van der Waals surface area (Å²) in [7, 11) is 3.38. The summed E-state index contributed by atoms with van der Waals surface area (Å²) in [5.74, 6) is 2.96. The van der Waals surface area contributed by atoms with Gasteiger partial charge in [0.25, 0.3) is 0 Å².